The number of piperidine rings is 1. The number of hydrogen-bond donors (Lipinski definition) is 2. The van der Waals surface area contributed by atoms with E-state index in [1.54, 1.807) is 12.1 Å². The first kappa shape index (κ1) is 21.6. The van der Waals surface area contributed by atoms with Crippen molar-refractivity contribution in [3.05, 3.63) is 59.9 Å². The second-order valence-electron chi connectivity index (χ2n) is 7.29. The third-order valence-corrected chi connectivity index (χ3v) is 5.19. The second-order valence-corrected chi connectivity index (χ2v) is 7.29. The number of halogens is 1. The van der Waals surface area contributed by atoms with E-state index in [-0.39, 0.29) is 24.3 Å². The standard InChI is InChI=1S/C22H26FN3O4/c1-24-21(27)15-26(22(28)29)18-9-11-25(12-10-18)14-16-3-2-4-20(13-16)30-19-7-5-17(23)6-8-19/h2-8,13,18H,9-12,14-15H2,1H3,(H,24,27)(H,28,29). The quantitative estimate of drug-likeness (QED) is 0.725. The Bertz CT molecular complexity index is 867. The molecule has 3 rings (SSSR count). The van der Waals surface area contributed by atoms with Crippen LogP contribution in [0.3, 0.4) is 0 Å². The molecule has 160 valence electrons. The van der Waals surface area contributed by atoms with Gasteiger partial charge in [0.05, 0.1) is 0 Å². The lowest BCUT2D eigenvalue weighted by molar-refractivity contribution is -0.122. The molecule has 0 saturated carbocycles. The van der Waals surface area contributed by atoms with Crippen molar-refractivity contribution in [2.24, 2.45) is 0 Å². The van der Waals surface area contributed by atoms with Crippen LogP contribution in [0.15, 0.2) is 48.5 Å². The average molecular weight is 415 g/mol. The van der Waals surface area contributed by atoms with Gasteiger partial charge in [-0.05, 0) is 54.8 Å². The lowest BCUT2D eigenvalue weighted by Crippen LogP contribution is -2.49. The predicted octanol–water partition coefficient (Wildman–Crippen LogP) is 3.31. The van der Waals surface area contributed by atoms with Gasteiger partial charge in [0, 0.05) is 32.7 Å². The van der Waals surface area contributed by atoms with Crippen LogP contribution < -0.4 is 10.1 Å². The number of carbonyl (C=O) groups is 2. The minimum atomic E-state index is -1.07. The van der Waals surface area contributed by atoms with Crippen molar-refractivity contribution >= 4 is 12.0 Å². The van der Waals surface area contributed by atoms with Crippen LogP contribution in [0.2, 0.25) is 0 Å². The Morgan fingerprint density at radius 1 is 1.17 bits per heavy atom. The maximum atomic E-state index is 13.0. The fourth-order valence-electron chi connectivity index (χ4n) is 3.58. The van der Waals surface area contributed by atoms with Crippen molar-refractivity contribution in [1.29, 1.82) is 0 Å². The van der Waals surface area contributed by atoms with E-state index >= 15 is 0 Å². The lowest BCUT2D eigenvalue weighted by Gasteiger charge is -2.36. The third kappa shape index (κ3) is 5.93. The van der Waals surface area contributed by atoms with Crippen LogP contribution in [0.4, 0.5) is 9.18 Å². The van der Waals surface area contributed by atoms with Crippen LogP contribution in [0.1, 0.15) is 18.4 Å². The molecule has 7 nitrogen and oxygen atoms in total. The zero-order valence-electron chi connectivity index (χ0n) is 16.9. The van der Waals surface area contributed by atoms with Crippen LogP contribution in [-0.4, -0.2) is 59.6 Å². The van der Waals surface area contributed by atoms with Crippen molar-refractivity contribution < 1.29 is 23.8 Å². The molecule has 8 heteroatoms. The van der Waals surface area contributed by atoms with Gasteiger partial charge in [0.25, 0.3) is 0 Å². The summed E-state index contributed by atoms with van der Waals surface area (Å²) in [6, 6.07) is 13.4. The van der Waals surface area contributed by atoms with Crippen LogP contribution in [0.5, 0.6) is 11.5 Å². The fraction of sp³-hybridized carbons (Fsp3) is 0.364. The highest BCUT2D eigenvalue weighted by Crippen LogP contribution is 2.24. The van der Waals surface area contributed by atoms with E-state index in [1.165, 1.54) is 24.1 Å². The van der Waals surface area contributed by atoms with E-state index in [4.69, 9.17) is 4.74 Å². The molecule has 1 saturated heterocycles. The number of amides is 2. The molecule has 2 N–H and O–H groups in total. The molecule has 0 spiro atoms. The number of likely N-dealkylation sites (tertiary alicyclic amines) is 1. The number of benzene rings is 2. The fourth-order valence-corrected chi connectivity index (χ4v) is 3.58. The molecule has 1 fully saturated rings. The Kier molecular flexibility index (Phi) is 7.24. The Balaban J connectivity index is 1.55. The Morgan fingerprint density at radius 2 is 1.87 bits per heavy atom. The average Bonchev–Trinajstić information content (AvgIpc) is 2.74. The van der Waals surface area contributed by atoms with Gasteiger partial charge in [-0.1, -0.05) is 12.1 Å². The van der Waals surface area contributed by atoms with E-state index in [0.717, 1.165) is 25.2 Å². The van der Waals surface area contributed by atoms with Crippen LogP contribution in [0, 0.1) is 5.82 Å². The summed E-state index contributed by atoms with van der Waals surface area (Å²) in [7, 11) is 1.50. The molecular weight excluding hydrogens is 389 g/mol. The van der Waals surface area contributed by atoms with Crippen LogP contribution in [0.25, 0.3) is 0 Å². The Hall–Kier alpha value is -3.13. The summed E-state index contributed by atoms with van der Waals surface area (Å²) in [6.07, 6.45) is 0.284. The highest BCUT2D eigenvalue weighted by Gasteiger charge is 2.29. The molecule has 1 aliphatic heterocycles. The summed E-state index contributed by atoms with van der Waals surface area (Å²) in [4.78, 5) is 26.6. The van der Waals surface area contributed by atoms with Crippen LogP contribution in [-0.2, 0) is 11.3 Å². The monoisotopic (exact) mass is 415 g/mol. The minimum absolute atomic E-state index is 0.140. The first-order chi connectivity index (χ1) is 14.4. The summed E-state index contributed by atoms with van der Waals surface area (Å²) in [5, 5.41) is 11.9. The van der Waals surface area contributed by atoms with Crippen molar-refractivity contribution in [2.75, 3.05) is 26.7 Å². The van der Waals surface area contributed by atoms with E-state index in [9.17, 15) is 19.1 Å². The van der Waals surface area contributed by atoms with Gasteiger partial charge in [-0.3, -0.25) is 14.6 Å². The number of likely N-dealkylation sites (N-methyl/N-ethyl adjacent to an activating group) is 1. The van der Waals surface area contributed by atoms with E-state index < -0.39 is 6.09 Å². The first-order valence-electron chi connectivity index (χ1n) is 9.89. The van der Waals surface area contributed by atoms with E-state index in [2.05, 4.69) is 10.2 Å². The Labute approximate surface area is 175 Å². The van der Waals surface area contributed by atoms with E-state index in [1.807, 2.05) is 24.3 Å². The molecule has 2 aromatic rings. The number of carboxylic acid groups (broad SMARTS) is 1. The summed E-state index contributed by atoms with van der Waals surface area (Å²) < 4.78 is 18.8. The van der Waals surface area contributed by atoms with Crippen molar-refractivity contribution in [1.82, 2.24) is 15.1 Å². The predicted molar refractivity (Wildman–Crippen MR) is 110 cm³/mol. The number of ether oxygens (including phenoxy) is 1. The molecule has 1 heterocycles. The second kappa shape index (κ2) is 10.1. The van der Waals surface area contributed by atoms with Gasteiger partial charge in [-0.2, -0.15) is 0 Å². The number of hydrogen-bond acceptors (Lipinski definition) is 4. The molecule has 2 aromatic carbocycles. The van der Waals surface area contributed by atoms with Gasteiger partial charge in [0.2, 0.25) is 5.91 Å². The molecule has 0 aromatic heterocycles. The maximum absolute atomic E-state index is 13.0. The summed E-state index contributed by atoms with van der Waals surface area (Å²) in [5.74, 6) is 0.630. The number of rotatable bonds is 7. The van der Waals surface area contributed by atoms with Gasteiger partial charge in [-0.25, -0.2) is 9.18 Å². The third-order valence-electron chi connectivity index (χ3n) is 5.19. The van der Waals surface area contributed by atoms with Gasteiger partial charge in [0.15, 0.2) is 0 Å². The first-order valence-corrected chi connectivity index (χ1v) is 9.89. The summed E-state index contributed by atoms with van der Waals surface area (Å²) in [5.41, 5.74) is 1.08. The zero-order chi connectivity index (χ0) is 21.5. The van der Waals surface area contributed by atoms with Gasteiger partial charge in [-0.15, -0.1) is 0 Å². The molecule has 0 bridgehead atoms. The molecule has 0 aliphatic carbocycles. The number of nitrogens with zero attached hydrogens (tertiary/aromatic N) is 2. The van der Waals surface area contributed by atoms with Crippen molar-refractivity contribution in [3.8, 4) is 11.5 Å². The summed E-state index contributed by atoms with van der Waals surface area (Å²) in [6.45, 7) is 2.06. The number of carbonyl (C=O) groups excluding carboxylic acids is 1. The van der Waals surface area contributed by atoms with Gasteiger partial charge in [0.1, 0.15) is 23.9 Å². The highest BCUT2D eigenvalue weighted by atomic mass is 19.1. The Morgan fingerprint density at radius 3 is 2.50 bits per heavy atom. The lowest BCUT2D eigenvalue weighted by atomic mass is 10.0. The molecule has 1 aliphatic rings. The molecule has 0 radical (unpaired) electrons. The molecule has 30 heavy (non-hydrogen) atoms. The SMILES string of the molecule is CNC(=O)CN(C(=O)O)C1CCN(Cc2cccc(Oc3ccc(F)cc3)c2)CC1. The molecular formula is C22H26FN3O4. The molecule has 2 amide bonds. The molecule has 0 unspecified atom stereocenters. The number of nitrogens with one attached hydrogen (secondary N) is 1. The van der Waals surface area contributed by atoms with Crippen LogP contribution >= 0.6 is 0 Å². The van der Waals surface area contributed by atoms with E-state index in [0.29, 0.717) is 24.3 Å². The summed E-state index contributed by atoms with van der Waals surface area (Å²) >= 11 is 0. The largest absolute Gasteiger partial charge is 0.465 e. The minimum Gasteiger partial charge on any atom is -0.465 e. The van der Waals surface area contributed by atoms with Crippen molar-refractivity contribution in [2.45, 2.75) is 25.4 Å². The normalized spacial score (nSPS) is 14.9. The molecule has 0 atom stereocenters. The highest BCUT2D eigenvalue weighted by molar-refractivity contribution is 5.81. The topological polar surface area (TPSA) is 82.1 Å². The van der Waals surface area contributed by atoms with Gasteiger partial charge >= 0.3 is 6.09 Å². The van der Waals surface area contributed by atoms with Gasteiger partial charge < -0.3 is 15.2 Å². The zero-order valence-corrected chi connectivity index (χ0v) is 16.9. The maximum Gasteiger partial charge on any atom is 0.408 e. The smallest absolute Gasteiger partial charge is 0.408 e. The van der Waals surface area contributed by atoms with Crippen molar-refractivity contribution in [3.63, 3.8) is 0 Å².